The van der Waals surface area contributed by atoms with Crippen LogP contribution in [0, 0.1) is 0 Å². The molecule has 0 spiro atoms. The molecule has 0 saturated carbocycles. The number of rotatable bonds is 4. The number of nitrogens with one attached hydrogen (secondary N) is 1. The van der Waals surface area contributed by atoms with E-state index < -0.39 is 0 Å². The molecule has 4 nitrogen and oxygen atoms in total. The highest BCUT2D eigenvalue weighted by atomic mass is 15.2. The van der Waals surface area contributed by atoms with Crippen molar-refractivity contribution >= 4 is 0 Å². The van der Waals surface area contributed by atoms with E-state index in [0.29, 0.717) is 12.0 Å². The van der Waals surface area contributed by atoms with Crippen LogP contribution in [-0.4, -0.2) is 47.1 Å². The van der Waals surface area contributed by atoms with E-state index in [-0.39, 0.29) is 0 Å². The number of aromatic nitrogens is 2. The minimum absolute atomic E-state index is 0.473. The minimum atomic E-state index is 0.473. The largest absolute Gasteiger partial charge is 0.314 e. The first-order valence-electron chi connectivity index (χ1n) is 6.93. The molecule has 1 aliphatic heterocycles. The molecule has 1 N–H and O–H groups in total. The molecule has 1 atom stereocenters. The highest BCUT2D eigenvalue weighted by molar-refractivity contribution is 5.07. The van der Waals surface area contributed by atoms with Gasteiger partial charge in [0.15, 0.2) is 0 Å². The van der Waals surface area contributed by atoms with Crippen molar-refractivity contribution in [3.05, 3.63) is 23.8 Å². The fourth-order valence-corrected chi connectivity index (χ4v) is 2.35. The molecule has 1 fully saturated rings. The quantitative estimate of drug-likeness (QED) is 0.875. The number of piperazine rings is 1. The Kier molecular flexibility index (Phi) is 4.66. The van der Waals surface area contributed by atoms with Gasteiger partial charge in [-0.1, -0.05) is 13.8 Å². The van der Waals surface area contributed by atoms with Crippen LogP contribution in [0.2, 0.25) is 0 Å². The highest BCUT2D eigenvalue weighted by Crippen LogP contribution is 2.12. The molecule has 2 heterocycles. The third-order valence-electron chi connectivity index (χ3n) is 3.57. The summed E-state index contributed by atoms with van der Waals surface area (Å²) in [5.41, 5.74) is 1.15. The lowest BCUT2D eigenvalue weighted by Crippen LogP contribution is -2.48. The second-order valence-corrected chi connectivity index (χ2v) is 5.39. The maximum atomic E-state index is 4.65. The van der Waals surface area contributed by atoms with Gasteiger partial charge in [-0.3, -0.25) is 4.90 Å². The number of hydrogen-bond donors (Lipinski definition) is 1. The molecular formula is C14H24N4. The predicted octanol–water partition coefficient (Wildman–Crippen LogP) is 1.44. The predicted molar refractivity (Wildman–Crippen MR) is 73.7 cm³/mol. The van der Waals surface area contributed by atoms with E-state index >= 15 is 0 Å². The SMILES string of the molecule is CC(C)c1ccnc(CC(C)N2CCNCC2)n1. The van der Waals surface area contributed by atoms with E-state index in [1.54, 1.807) is 0 Å². The van der Waals surface area contributed by atoms with E-state index in [9.17, 15) is 0 Å². The molecule has 1 saturated heterocycles. The molecule has 1 aliphatic rings. The summed E-state index contributed by atoms with van der Waals surface area (Å²) in [6.45, 7) is 11.1. The summed E-state index contributed by atoms with van der Waals surface area (Å²) >= 11 is 0. The molecule has 1 aromatic heterocycles. The summed E-state index contributed by atoms with van der Waals surface area (Å²) in [6, 6.07) is 2.54. The van der Waals surface area contributed by atoms with Gasteiger partial charge in [0.2, 0.25) is 0 Å². The van der Waals surface area contributed by atoms with Crippen LogP contribution in [0.5, 0.6) is 0 Å². The molecule has 1 aromatic rings. The Bertz CT molecular complexity index is 372. The Hall–Kier alpha value is -1.00. The van der Waals surface area contributed by atoms with Crippen LogP contribution in [0.4, 0.5) is 0 Å². The molecule has 0 radical (unpaired) electrons. The third-order valence-corrected chi connectivity index (χ3v) is 3.57. The topological polar surface area (TPSA) is 41.1 Å². The van der Waals surface area contributed by atoms with Crippen LogP contribution in [0.15, 0.2) is 12.3 Å². The molecular weight excluding hydrogens is 224 g/mol. The molecule has 0 amide bonds. The van der Waals surface area contributed by atoms with Crippen molar-refractivity contribution in [2.75, 3.05) is 26.2 Å². The van der Waals surface area contributed by atoms with E-state index in [4.69, 9.17) is 0 Å². The first kappa shape index (κ1) is 13.4. The summed E-state index contributed by atoms with van der Waals surface area (Å²) in [7, 11) is 0. The molecule has 0 aromatic carbocycles. The van der Waals surface area contributed by atoms with Gasteiger partial charge in [0.05, 0.1) is 0 Å². The van der Waals surface area contributed by atoms with Gasteiger partial charge < -0.3 is 5.32 Å². The van der Waals surface area contributed by atoms with Crippen LogP contribution in [0.3, 0.4) is 0 Å². The summed E-state index contributed by atoms with van der Waals surface area (Å²) in [5, 5.41) is 3.38. The van der Waals surface area contributed by atoms with Crippen molar-refractivity contribution in [1.82, 2.24) is 20.2 Å². The monoisotopic (exact) mass is 248 g/mol. The summed E-state index contributed by atoms with van der Waals surface area (Å²) < 4.78 is 0. The van der Waals surface area contributed by atoms with Gasteiger partial charge in [-0.25, -0.2) is 9.97 Å². The van der Waals surface area contributed by atoms with E-state index in [2.05, 4.69) is 41.0 Å². The third kappa shape index (κ3) is 3.50. The van der Waals surface area contributed by atoms with Crippen molar-refractivity contribution in [3.63, 3.8) is 0 Å². The fourth-order valence-electron chi connectivity index (χ4n) is 2.35. The Balaban J connectivity index is 1.97. The molecule has 0 aliphatic carbocycles. The Morgan fingerprint density at radius 2 is 2.00 bits per heavy atom. The van der Waals surface area contributed by atoms with Crippen molar-refractivity contribution in [2.45, 2.75) is 39.2 Å². The van der Waals surface area contributed by atoms with Crippen LogP contribution in [0.25, 0.3) is 0 Å². The van der Waals surface area contributed by atoms with Crippen LogP contribution in [0.1, 0.15) is 38.2 Å². The van der Waals surface area contributed by atoms with Gasteiger partial charge in [-0.2, -0.15) is 0 Å². The van der Waals surface area contributed by atoms with Crippen LogP contribution in [-0.2, 0) is 6.42 Å². The molecule has 0 bridgehead atoms. The normalized spacial score (nSPS) is 19.1. The fraction of sp³-hybridized carbons (Fsp3) is 0.714. The van der Waals surface area contributed by atoms with Crippen molar-refractivity contribution in [1.29, 1.82) is 0 Å². The number of nitrogens with zero attached hydrogens (tertiary/aromatic N) is 3. The molecule has 4 heteroatoms. The smallest absolute Gasteiger partial charge is 0.130 e. The van der Waals surface area contributed by atoms with Gasteiger partial charge in [-0.05, 0) is 18.9 Å². The highest BCUT2D eigenvalue weighted by Gasteiger charge is 2.17. The first-order valence-corrected chi connectivity index (χ1v) is 6.93. The van der Waals surface area contributed by atoms with E-state index in [0.717, 1.165) is 44.1 Å². The van der Waals surface area contributed by atoms with E-state index in [1.807, 2.05) is 12.3 Å². The standard InChI is InChI=1S/C14H24N4/c1-11(2)13-4-5-16-14(17-13)10-12(3)18-8-6-15-7-9-18/h4-5,11-12,15H,6-10H2,1-3H3. The zero-order chi connectivity index (χ0) is 13.0. The Labute approximate surface area is 110 Å². The summed E-state index contributed by atoms with van der Waals surface area (Å²) in [6.07, 6.45) is 2.84. The molecule has 18 heavy (non-hydrogen) atoms. The summed E-state index contributed by atoms with van der Waals surface area (Å²) in [5.74, 6) is 1.45. The van der Waals surface area contributed by atoms with Gasteiger partial charge in [0.25, 0.3) is 0 Å². The molecule has 100 valence electrons. The average Bonchev–Trinajstić information content (AvgIpc) is 2.40. The van der Waals surface area contributed by atoms with Gasteiger partial charge >= 0.3 is 0 Å². The van der Waals surface area contributed by atoms with E-state index in [1.165, 1.54) is 0 Å². The second kappa shape index (κ2) is 6.25. The van der Waals surface area contributed by atoms with Crippen molar-refractivity contribution < 1.29 is 0 Å². The van der Waals surface area contributed by atoms with Gasteiger partial charge in [0, 0.05) is 50.5 Å². The first-order chi connectivity index (χ1) is 8.66. The van der Waals surface area contributed by atoms with Gasteiger partial charge in [0.1, 0.15) is 5.82 Å². The maximum Gasteiger partial charge on any atom is 0.130 e. The molecule has 1 unspecified atom stereocenters. The van der Waals surface area contributed by atoms with Crippen molar-refractivity contribution in [2.24, 2.45) is 0 Å². The Morgan fingerprint density at radius 1 is 1.28 bits per heavy atom. The zero-order valence-corrected chi connectivity index (χ0v) is 11.7. The molecule has 2 rings (SSSR count). The second-order valence-electron chi connectivity index (χ2n) is 5.39. The minimum Gasteiger partial charge on any atom is -0.314 e. The zero-order valence-electron chi connectivity index (χ0n) is 11.7. The average molecular weight is 248 g/mol. The van der Waals surface area contributed by atoms with Crippen molar-refractivity contribution in [3.8, 4) is 0 Å². The summed E-state index contributed by atoms with van der Waals surface area (Å²) in [4.78, 5) is 11.6. The maximum absolute atomic E-state index is 4.65. The van der Waals surface area contributed by atoms with Gasteiger partial charge in [-0.15, -0.1) is 0 Å². The van der Waals surface area contributed by atoms with Crippen LogP contribution < -0.4 is 5.32 Å². The number of hydrogen-bond acceptors (Lipinski definition) is 4. The lowest BCUT2D eigenvalue weighted by atomic mass is 10.1. The van der Waals surface area contributed by atoms with Crippen LogP contribution >= 0.6 is 0 Å². The lowest BCUT2D eigenvalue weighted by molar-refractivity contribution is 0.181. The lowest BCUT2D eigenvalue weighted by Gasteiger charge is -2.32. The Morgan fingerprint density at radius 3 is 2.67 bits per heavy atom.